The second-order valence-electron chi connectivity index (χ2n) is 8.12. The summed E-state index contributed by atoms with van der Waals surface area (Å²) in [6, 6.07) is 11.9. The highest BCUT2D eigenvalue weighted by Crippen LogP contribution is 2.40. The summed E-state index contributed by atoms with van der Waals surface area (Å²) in [5.74, 6) is 1.40. The molecule has 0 spiro atoms. The van der Waals surface area contributed by atoms with Crippen LogP contribution in [0.4, 0.5) is 4.79 Å². The van der Waals surface area contributed by atoms with Crippen LogP contribution < -0.4 is 19.5 Å². The van der Waals surface area contributed by atoms with E-state index in [1.54, 1.807) is 32.2 Å². The minimum Gasteiger partial charge on any atom is -0.493 e. The molecule has 34 heavy (non-hydrogen) atoms. The van der Waals surface area contributed by atoms with Crippen molar-refractivity contribution in [3.8, 4) is 17.2 Å². The number of ether oxygens (including phenoxy) is 4. The predicted molar refractivity (Wildman–Crippen MR) is 128 cm³/mol. The Kier molecular flexibility index (Phi) is 8.04. The summed E-state index contributed by atoms with van der Waals surface area (Å²) < 4.78 is 22.4. The third kappa shape index (κ3) is 5.11. The number of hydrogen-bond acceptors (Lipinski definition) is 6. The van der Waals surface area contributed by atoms with E-state index in [1.807, 2.05) is 24.3 Å². The zero-order chi connectivity index (χ0) is 24.8. The molecule has 0 fully saturated rings. The first kappa shape index (κ1) is 25.0. The van der Waals surface area contributed by atoms with Crippen molar-refractivity contribution in [1.29, 1.82) is 0 Å². The molecule has 0 radical (unpaired) electrons. The highest BCUT2D eigenvalue weighted by atomic mass is 16.5. The number of rotatable bonds is 9. The summed E-state index contributed by atoms with van der Waals surface area (Å²) in [4.78, 5) is 27.4. The quantitative estimate of drug-likeness (QED) is 0.549. The minimum atomic E-state index is -0.810. The van der Waals surface area contributed by atoms with Gasteiger partial charge < -0.3 is 24.3 Å². The lowest BCUT2D eigenvalue weighted by molar-refractivity contribution is -0.139. The fraction of sp³-hybridized carbons (Fsp3) is 0.385. The Bertz CT molecular complexity index is 1060. The van der Waals surface area contributed by atoms with E-state index >= 15 is 0 Å². The highest BCUT2D eigenvalue weighted by molar-refractivity contribution is 5.95. The summed E-state index contributed by atoms with van der Waals surface area (Å²) in [6.07, 6.45) is 0. The highest BCUT2D eigenvalue weighted by Gasteiger charge is 2.38. The van der Waals surface area contributed by atoms with E-state index in [-0.39, 0.29) is 24.8 Å². The third-order valence-corrected chi connectivity index (χ3v) is 5.74. The van der Waals surface area contributed by atoms with Gasteiger partial charge in [-0.15, -0.1) is 0 Å². The Hall–Kier alpha value is -3.68. The van der Waals surface area contributed by atoms with Gasteiger partial charge in [0.1, 0.15) is 12.4 Å². The lowest BCUT2D eigenvalue weighted by Crippen LogP contribution is -2.48. The molecule has 8 heteroatoms. The molecular weight excluding hydrogens is 436 g/mol. The number of methoxy groups -OCH3 is 2. The van der Waals surface area contributed by atoms with Crippen molar-refractivity contribution in [2.45, 2.75) is 32.7 Å². The fourth-order valence-electron chi connectivity index (χ4n) is 3.85. The molecule has 8 nitrogen and oxygen atoms in total. The second kappa shape index (κ2) is 11.0. The van der Waals surface area contributed by atoms with Crippen LogP contribution in [-0.2, 0) is 9.53 Å². The van der Waals surface area contributed by atoms with Gasteiger partial charge in [0, 0.05) is 12.6 Å². The van der Waals surface area contributed by atoms with Gasteiger partial charge in [0.25, 0.3) is 0 Å². The number of benzene rings is 2. The lowest BCUT2D eigenvalue weighted by atomic mass is 9.93. The molecule has 2 aromatic carbocycles. The standard InChI is InChI=1S/C26H32N2O6/c1-7-33-25(29)22-20(15-34-18-13-11-17(12-14-18)16(2)3)28(4)26(30)27-23(22)19-9-8-10-21(31-5)24(19)32-6/h8-14,16,23H,7,15H2,1-6H3,(H,27,30)/t23-/m1/s1. The van der Waals surface area contributed by atoms with Gasteiger partial charge in [-0.2, -0.15) is 0 Å². The normalized spacial score (nSPS) is 15.8. The zero-order valence-corrected chi connectivity index (χ0v) is 20.5. The van der Waals surface area contributed by atoms with Crippen molar-refractivity contribution in [2.75, 3.05) is 34.5 Å². The number of para-hydroxylation sites is 1. The Morgan fingerprint density at radius 1 is 1.09 bits per heavy atom. The number of carbonyl (C=O) groups excluding carboxylic acids is 2. The van der Waals surface area contributed by atoms with Gasteiger partial charge in [-0.3, -0.25) is 4.90 Å². The Morgan fingerprint density at radius 3 is 2.38 bits per heavy atom. The molecule has 1 aliphatic heterocycles. The number of nitrogens with one attached hydrogen (secondary N) is 1. The van der Waals surface area contributed by atoms with Crippen LogP contribution in [0.1, 0.15) is 43.9 Å². The van der Waals surface area contributed by atoms with Gasteiger partial charge in [-0.1, -0.05) is 38.1 Å². The van der Waals surface area contributed by atoms with Gasteiger partial charge in [0.05, 0.1) is 38.1 Å². The van der Waals surface area contributed by atoms with Crippen LogP contribution in [0, 0.1) is 0 Å². The van der Waals surface area contributed by atoms with Crippen molar-refractivity contribution in [2.24, 2.45) is 0 Å². The molecule has 0 aromatic heterocycles. The maximum absolute atomic E-state index is 13.1. The van der Waals surface area contributed by atoms with Gasteiger partial charge in [-0.25, -0.2) is 9.59 Å². The molecule has 0 saturated heterocycles. The lowest BCUT2D eigenvalue weighted by Gasteiger charge is -2.35. The molecule has 1 aliphatic rings. The summed E-state index contributed by atoms with van der Waals surface area (Å²) in [7, 11) is 4.63. The van der Waals surface area contributed by atoms with Crippen molar-refractivity contribution in [1.82, 2.24) is 10.2 Å². The Morgan fingerprint density at radius 2 is 1.79 bits per heavy atom. The number of hydrogen-bond donors (Lipinski definition) is 1. The Balaban J connectivity index is 2.06. The fourth-order valence-corrected chi connectivity index (χ4v) is 3.85. The van der Waals surface area contributed by atoms with Gasteiger partial charge in [0.2, 0.25) is 0 Å². The first-order chi connectivity index (χ1) is 16.3. The van der Waals surface area contributed by atoms with E-state index in [0.717, 1.165) is 0 Å². The third-order valence-electron chi connectivity index (χ3n) is 5.74. The summed E-state index contributed by atoms with van der Waals surface area (Å²) >= 11 is 0. The van der Waals surface area contributed by atoms with E-state index in [9.17, 15) is 9.59 Å². The largest absolute Gasteiger partial charge is 0.493 e. The minimum absolute atomic E-state index is 0.00186. The first-order valence-corrected chi connectivity index (χ1v) is 11.2. The van der Waals surface area contributed by atoms with Crippen molar-refractivity contribution in [3.05, 3.63) is 64.9 Å². The first-order valence-electron chi connectivity index (χ1n) is 11.2. The number of nitrogens with zero attached hydrogens (tertiary/aromatic N) is 1. The van der Waals surface area contributed by atoms with E-state index < -0.39 is 12.0 Å². The number of esters is 1. The van der Waals surface area contributed by atoms with Crippen LogP contribution in [0.2, 0.25) is 0 Å². The molecule has 1 atom stereocenters. The van der Waals surface area contributed by atoms with Crippen LogP contribution in [0.5, 0.6) is 17.2 Å². The number of likely N-dealkylation sites (N-methyl/N-ethyl adjacent to an activating group) is 1. The smallest absolute Gasteiger partial charge is 0.338 e. The summed E-state index contributed by atoms with van der Waals surface area (Å²) in [5.41, 5.74) is 2.45. The molecule has 0 aliphatic carbocycles. The topological polar surface area (TPSA) is 86.3 Å². The van der Waals surface area contributed by atoms with Gasteiger partial charge >= 0.3 is 12.0 Å². The van der Waals surface area contributed by atoms with Crippen molar-refractivity contribution in [3.63, 3.8) is 0 Å². The van der Waals surface area contributed by atoms with E-state index in [4.69, 9.17) is 18.9 Å². The molecule has 0 saturated carbocycles. The molecule has 182 valence electrons. The molecular formula is C26H32N2O6. The number of amides is 2. The molecule has 0 unspecified atom stereocenters. The molecule has 3 rings (SSSR count). The van der Waals surface area contributed by atoms with Crippen LogP contribution >= 0.6 is 0 Å². The average molecular weight is 469 g/mol. The van der Waals surface area contributed by atoms with Crippen molar-refractivity contribution < 1.29 is 28.5 Å². The van der Waals surface area contributed by atoms with Gasteiger partial charge in [0.15, 0.2) is 11.5 Å². The van der Waals surface area contributed by atoms with Crippen LogP contribution in [0.3, 0.4) is 0 Å². The number of urea groups is 1. The average Bonchev–Trinajstić information content (AvgIpc) is 2.84. The van der Waals surface area contributed by atoms with E-state index in [2.05, 4.69) is 19.2 Å². The second-order valence-corrected chi connectivity index (χ2v) is 8.12. The van der Waals surface area contributed by atoms with E-state index in [0.29, 0.717) is 34.4 Å². The van der Waals surface area contributed by atoms with Crippen LogP contribution in [-0.4, -0.2) is 51.4 Å². The van der Waals surface area contributed by atoms with Gasteiger partial charge in [-0.05, 0) is 36.6 Å². The van der Waals surface area contributed by atoms with E-state index in [1.165, 1.54) is 24.7 Å². The van der Waals surface area contributed by atoms with Crippen molar-refractivity contribution >= 4 is 12.0 Å². The Labute approximate surface area is 200 Å². The molecule has 2 aromatic rings. The molecule has 1 heterocycles. The molecule has 2 amide bonds. The SMILES string of the molecule is CCOC(=O)C1=C(COc2ccc(C(C)C)cc2)N(C)C(=O)N[C@@H]1c1cccc(OC)c1OC. The molecule has 1 N–H and O–H groups in total. The molecule has 0 bridgehead atoms. The van der Waals surface area contributed by atoms with Crippen LogP contribution in [0.25, 0.3) is 0 Å². The monoisotopic (exact) mass is 468 g/mol. The number of carbonyl (C=O) groups is 2. The maximum Gasteiger partial charge on any atom is 0.338 e. The van der Waals surface area contributed by atoms with Crippen LogP contribution in [0.15, 0.2) is 53.7 Å². The summed E-state index contributed by atoms with van der Waals surface area (Å²) in [5, 5.41) is 2.88. The predicted octanol–water partition coefficient (Wildman–Crippen LogP) is 4.42. The zero-order valence-electron chi connectivity index (χ0n) is 20.5. The maximum atomic E-state index is 13.1. The summed E-state index contributed by atoms with van der Waals surface area (Å²) in [6.45, 7) is 6.16.